The zero-order valence-corrected chi connectivity index (χ0v) is 14.0. The van der Waals surface area contributed by atoms with Crippen LogP contribution in [0, 0.1) is 13.8 Å². The first kappa shape index (κ1) is 14.6. The number of aromatic nitrogens is 3. The number of pyridine rings is 1. The zero-order valence-electron chi connectivity index (χ0n) is 14.0. The van der Waals surface area contributed by atoms with Gasteiger partial charge in [0, 0.05) is 38.4 Å². The summed E-state index contributed by atoms with van der Waals surface area (Å²) in [5.74, 6) is 0.128. The first-order valence-corrected chi connectivity index (χ1v) is 8.39. The van der Waals surface area contributed by atoms with Gasteiger partial charge >= 0.3 is 0 Å². The van der Waals surface area contributed by atoms with E-state index in [4.69, 9.17) is 0 Å². The van der Waals surface area contributed by atoms with Crippen molar-refractivity contribution in [1.82, 2.24) is 24.6 Å². The number of hydrogen-bond donors (Lipinski definition) is 0. The molecule has 1 atom stereocenters. The normalized spacial score (nSPS) is 21.9. The second kappa shape index (κ2) is 5.30. The van der Waals surface area contributed by atoms with Crippen molar-refractivity contribution in [3.05, 3.63) is 23.0 Å². The Balaban J connectivity index is 1.72. The zero-order chi connectivity index (χ0) is 16.1. The van der Waals surface area contributed by atoms with E-state index in [9.17, 15) is 4.79 Å². The van der Waals surface area contributed by atoms with Crippen LogP contribution in [-0.2, 0) is 7.05 Å². The summed E-state index contributed by atoms with van der Waals surface area (Å²) >= 11 is 0. The molecular weight excluding hydrogens is 290 g/mol. The summed E-state index contributed by atoms with van der Waals surface area (Å²) in [6.45, 7) is 7.74. The topological polar surface area (TPSA) is 54.3 Å². The summed E-state index contributed by atoms with van der Waals surface area (Å²) in [4.78, 5) is 22.3. The van der Waals surface area contributed by atoms with Crippen molar-refractivity contribution < 1.29 is 4.79 Å². The highest BCUT2D eigenvalue weighted by Gasteiger charge is 2.33. The Bertz CT molecular complexity index is 781. The summed E-state index contributed by atoms with van der Waals surface area (Å²) in [6.07, 6.45) is 2.47. The van der Waals surface area contributed by atoms with Gasteiger partial charge in [-0.3, -0.25) is 14.4 Å². The molecule has 4 rings (SSSR count). The van der Waals surface area contributed by atoms with Gasteiger partial charge in [-0.05, 0) is 39.3 Å². The molecule has 1 amide bonds. The first-order valence-electron chi connectivity index (χ1n) is 8.39. The highest BCUT2D eigenvalue weighted by molar-refractivity contribution is 6.06. The molecule has 2 saturated heterocycles. The average molecular weight is 313 g/mol. The first-order chi connectivity index (χ1) is 11.0. The van der Waals surface area contributed by atoms with Crippen molar-refractivity contribution in [2.45, 2.75) is 32.7 Å². The number of amides is 1. The lowest BCUT2D eigenvalue weighted by Gasteiger charge is -2.37. The van der Waals surface area contributed by atoms with Gasteiger partial charge in [-0.25, -0.2) is 4.98 Å². The fourth-order valence-electron chi connectivity index (χ4n) is 4.08. The Hall–Kier alpha value is -1.95. The molecule has 0 spiro atoms. The van der Waals surface area contributed by atoms with Crippen molar-refractivity contribution in [2.24, 2.45) is 7.05 Å². The number of piperazine rings is 1. The molecule has 2 aliphatic heterocycles. The average Bonchev–Trinajstić information content (AvgIpc) is 3.10. The van der Waals surface area contributed by atoms with E-state index in [1.807, 2.05) is 31.9 Å². The Kier molecular flexibility index (Phi) is 3.37. The Morgan fingerprint density at radius 2 is 2.09 bits per heavy atom. The van der Waals surface area contributed by atoms with Gasteiger partial charge in [-0.1, -0.05) is 0 Å². The maximum atomic E-state index is 13.2. The van der Waals surface area contributed by atoms with Gasteiger partial charge in [0.1, 0.15) is 0 Å². The van der Waals surface area contributed by atoms with Gasteiger partial charge in [0.25, 0.3) is 5.91 Å². The predicted molar refractivity (Wildman–Crippen MR) is 88.5 cm³/mol. The van der Waals surface area contributed by atoms with E-state index in [-0.39, 0.29) is 5.91 Å². The number of carbonyl (C=O) groups excluding carboxylic acids is 1. The third-order valence-electron chi connectivity index (χ3n) is 5.20. The van der Waals surface area contributed by atoms with Crippen LogP contribution in [0.5, 0.6) is 0 Å². The molecule has 6 heteroatoms. The minimum atomic E-state index is 0.128. The van der Waals surface area contributed by atoms with Crippen LogP contribution in [0.4, 0.5) is 0 Å². The molecule has 0 bridgehead atoms. The number of aryl methyl sites for hydroxylation is 3. The largest absolute Gasteiger partial charge is 0.336 e. The maximum Gasteiger partial charge on any atom is 0.254 e. The van der Waals surface area contributed by atoms with Gasteiger partial charge in [0.15, 0.2) is 5.65 Å². The van der Waals surface area contributed by atoms with E-state index < -0.39 is 0 Å². The van der Waals surface area contributed by atoms with Crippen LogP contribution in [0.3, 0.4) is 0 Å². The summed E-state index contributed by atoms with van der Waals surface area (Å²) in [7, 11) is 1.88. The van der Waals surface area contributed by atoms with E-state index in [0.717, 1.165) is 47.6 Å². The standard InChI is InChI=1S/C17H23N5O/c1-11-9-14(15-12(2)19-20(3)16(15)18-11)17(23)22-8-7-21-6-4-5-13(21)10-22/h9,13H,4-8,10H2,1-3H3. The molecule has 0 radical (unpaired) electrons. The molecule has 122 valence electrons. The molecule has 2 aliphatic rings. The Morgan fingerprint density at radius 3 is 2.91 bits per heavy atom. The third-order valence-corrected chi connectivity index (χ3v) is 5.20. The van der Waals surface area contributed by atoms with Gasteiger partial charge in [0.05, 0.1) is 16.6 Å². The molecule has 23 heavy (non-hydrogen) atoms. The molecule has 2 aromatic heterocycles. The van der Waals surface area contributed by atoms with Crippen molar-refractivity contribution in [2.75, 3.05) is 26.2 Å². The maximum absolute atomic E-state index is 13.2. The SMILES string of the molecule is Cc1cc(C(=O)N2CCN3CCCC3C2)c2c(C)nn(C)c2n1. The number of fused-ring (bicyclic) bond motifs is 2. The number of nitrogens with zero attached hydrogens (tertiary/aromatic N) is 5. The third kappa shape index (κ3) is 2.32. The van der Waals surface area contributed by atoms with Crippen molar-refractivity contribution in [1.29, 1.82) is 0 Å². The summed E-state index contributed by atoms with van der Waals surface area (Å²) < 4.78 is 1.77. The molecule has 0 N–H and O–H groups in total. The molecule has 0 aromatic carbocycles. The summed E-state index contributed by atoms with van der Waals surface area (Å²) in [6, 6.07) is 2.46. The quantitative estimate of drug-likeness (QED) is 0.801. The van der Waals surface area contributed by atoms with Crippen LogP contribution in [0.15, 0.2) is 6.07 Å². The Morgan fingerprint density at radius 1 is 1.26 bits per heavy atom. The molecular formula is C17H23N5O. The molecule has 0 aliphatic carbocycles. The van der Waals surface area contributed by atoms with Gasteiger partial charge < -0.3 is 4.90 Å². The van der Waals surface area contributed by atoms with Gasteiger partial charge in [-0.2, -0.15) is 5.10 Å². The number of carbonyl (C=O) groups is 1. The van der Waals surface area contributed by atoms with E-state index in [1.54, 1.807) is 4.68 Å². The molecule has 2 aromatic rings. The number of hydrogen-bond acceptors (Lipinski definition) is 4. The summed E-state index contributed by atoms with van der Waals surface area (Å²) in [5.41, 5.74) is 3.29. The molecule has 1 unspecified atom stereocenters. The Labute approximate surface area is 136 Å². The minimum absolute atomic E-state index is 0.128. The van der Waals surface area contributed by atoms with Gasteiger partial charge in [-0.15, -0.1) is 0 Å². The second-order valence-electron chi connectivity index (χ2n) is 6.80. The van der Waals surface area contributed by atoms with Crippen LogP contribution >= 0.6 is 0 Å². The van der Waals surface area contributed by atoms with E-state index >= 15 is 0 Å². The van der Waals surface area contributed by atoms with Crippen LogP contribution in [0.1, 0.15) is 34.6 Å². The summed E-state index contributed by atoms with van der Waals surface area (Å²) in [5, 5.41) is 5.35. The van der Waals surface area contributed by atoms with E-state index in [0.29, 0.717) is 6.04 Å². The van der Waals surface area contributed by atoms with Crippen LogP contribution < -0.4 is 0 Å². The van der Waals surface area contributed by atoms with Crippen molar-refractivity contribution in [3.63, 3.8) is 0 Å². The second-order valence-corrected chi connectivity index (χ2v) is 6.80. The minimum Gasteiger partial charge on any atom is -0.336 e. The van der Waals surface area contributed by atoms with Gasteiger partial charge in [0.2, 0.25) is 0 Å². The van der Waals surface area contributed by atoms with E-state index in [2.05, 4.69) is 15.0 Å². The van der Waals surface area contributed by atoms with Crippen LogP contribution in [0.25, 0.3) is 11.0 Å². The lowest BCUT2D eigenvalue weighted by molar-refractivity contribution is 0.0573. The molecule has 2 fully saturated rings. The molecule has 0 saturated carbocycles. The van der Waals surface area contributed by atoms with Crippen molar-refractivity contribution >= 4 is 16.9 Å². The predicted octanol–water partition coefficient (Wildman–Crippen LogP) is 1.51. The molecule has 4 heterocycles. The van der Waals surface area contributed by atoms with E-state index in [1.165, 1.54) is 19.4 Å². The lowest BCUT2D eigenvalue weighted by atomic mass is 10.1. The number of rotatable bonds is 1. The smallest absolute Gasteiger partial charge is 0.254 e. The lowest BCUT2D eigenvalue weighted by Crippen LogP contribution is -2.52. The fourth-order valence-corrected chi connectivity index (χ4v) is 4.08. The molecule has 6 nitrogen and oxygen atoms in total. The van der Waals surface area contributed by atoms with Crippen LogP contribution in [-0.4, -0.2) is 62.7 Å². The van der Waals surface area contributed by atoms with Crippen molar-refractivity contribution in [3.8, 4) is 0 Å². The monoisotopic (exact) mass is 313 g/mol. The fraction of sp³-hybridized carbons (Fsp3) is 0.588. The highest BCUT2D eigenvalue weighted by Crippen LogP contribution is 2.26. The highest BCUT2D eigenvalue weighted by atomic mass is 16.2. The van der Waals surface area contributed by atoms with Crippen LogP contribution in [0.2, 0.25) is 0 Å².